The molecule has 1 aliphatic rings. The average molecular weight is 476 g/mol. The summed E-state index contributed by atoms with van der Waals surface area (Å²) in [5, 5.41) is 8.90. The predicted molar refractivity (Wildman–Crippen MR) is 135 cm³/mol. The maximum Gasteiger partial charge on any atom is 0.291 e. The summed E-state index contributed by atoms with van der Waals surface area (Å²) in [6.45, 7) is 4.91. The molecule has 1 atom stereocenters. The average Bonchev–Trinajstić information content (AvgIpc) is 3.17. The molecule has 8 heteroatoms. The number of nitrogens with zero attached hydrogens (tertiary/aromatic N) is 4. The van der Waals surface area contributed by atoms with Gasteiger partial charge < -0.3 is 9.88 Å². The van der Waals surface area contributed by atoms with Crippen LogP contribution < -0.4 is 10.9 Å². The lowest BCUT2D eigenvalue weighted by Gasteiger charge is -2.33. The number of nitrogens with one attached hydrogen (secondary N) is 1. The van der Waals surface area contributed by atoms with Gasteiger partial charge in [0.1, 0.15) is 17.9 Å². The van der Waals surface area contributed by atoms with Gasteiger partial charge in [-0.05, 0) is 50.1 Å². The van der Waals surface area contributed by atoms with Gasteiger partial charge in [0, 0.05) is 42.0 Å². The fraction of sp³-hybridized carbons (Fsp3) is 0.370. The van der Waals surface area contributed by atoms with Crippen LogP contribution in [0.15, 0.2) is 59.5 Å². The van der Waals surface area contributed by atoms with Crippen LogP contribution in [0.1, 0.15) is 31.7 Å². The topological polar surface area (TPSA) is 72.2 Å². The predicted octanol–water partition coefficient (Wildman–Crippen LogP) is 3.53. The Morgan fingerprint density at radius 2 is 1.91 bits per heavy atom. The van der Waals surface area contributed by atoms with Gasteiger partial charge in [0.25, 0.3) is 5.56 Å². The monoisotopic (exact) mass is 475 g/mol. The SMILES string of the molecule is C[C@H]1CCCCN1CCNC(=O)Cn1ncc2c3ccccc3n(Cc3ccc(F)cc3)c2c1=O. The number of para-hydroxylation sites is 1. The van der Waals surface area contributed by atoms with Crippen LogP contribution in [-0.2, 0) is 17.9 Å². The number of benzene rings is 2. The lowest BCUT2D eigenvalue weighted by molar-refractivity contribution is -0.122. The minimum absolute atomic E-state index is 0.137. The third-order valence-corrected chi connectivity index (χ3v) is 6.98. The molecule has 7 nitrogen and oxygen atoms in total. The summed E-state index contributed by atoms with van der Waals surface area (Å²) in [6, 6.07) is 14.6. The van der Waals surface area contributed by atoms with Gasteiger partial charge in [0.2, 0.25) is 5.91 Å². The molecular formula is C27H30FN5O2. The van der Waals surface area contributed by atoms with Gasteiger partial charge in [-0.2, -0.15) is 5.10 Å². The molecule has 2 aromatic heterocycles. The van der Waals surface area contributed by atoms with E-state index in [0.717, 1.165) is 34.9 Å². The van der Waals surface area contributed by atoms with Crippen LogP contribution in [0.4, 0.5) is 4.39 Å². The summed E-state index contributed by atoms with van der Waals surface area (Å²) in [7, 11) is 0. The normalized spacial score (nSPS) is 16.7. The Balaban J connectivity index is 1.39. The summed E-state index contributed by atoms with van der Waals surface area (Å²) in [5.74, 6) is -0.534. The van der Waals surface area contributed by atoms with Crippen LogP contribution in [-0.4, -0.2) is 50.8 Å². The Morgan fingerprint density at radius 3 is 2.71 bits per heavy atom. The van der Waals surface area contributed by atoms with Crippen molar-refractivity contribution in [3.63, 3.8) is 0 Å². The number of hydrogen-bond acceptors (Lipinski definition) is 4. The first-order valence-electron chi connectivity index (χ1n) is 12.2. The molecule has 0 radical (unpaired) electrons. The van der Waals surface area contributed by atoms with Crippen molar-refractivity contribution >= 4 is 27.7 Å². The van der Waals surface area contributed by atoms with E-state index in [1.54, 1.807) is 18.3 Å². The van der Waals surface area contributed by atoms with Crippen molar-refractivity contribution < 1.29 is 9.18 Å². The first-order chi connectivity index (χ1) is 17.0. The Kier molecular flexibility index (Phi) is 6.63. The van der Waals surface area contributed by atoms with E-state index in [1.165, 1.54) is 36.1 Å². The molecule has 5 rings (SSSR count). The smallest absolute Gasteiger partial charge is 0.291 e. The van der Waals surface area contributed by atoms with Crippen molar-refractivity contribution in [2.24, 2.45) is 0 Å². The molecule has 0 aliphatic carbocycles. The zero-order valence-electron chi connectivity index (χ0n) is 19.9. The van der Waals surface area contributed by atoms with Gasteiger partial charge in [0.15, 0.2) is 0 Å². The summed E-state index contributed by atoms with van der Waals surface area (Å²) in [4.78, 5) is 28.5. The third-order valence-electron chi connectivity index (χ3n) is 6.98. The lowest BCUT2D eigenvalue weighted by atomic mass is 10.0. The second-order valence-corrected chi connectivity index (χ2v) is 9.33. The molecule has 182 valence electrons. The largest absolute Gasteiger partial charge is 0.353 e. The van der Waals surface area contributed by atoms with Crippen molar-refractivity contribution in [2.45, 2.75) is 45.3 Å². The molecule has 35 heavy (non-hydrogen) atoms. The van der Waals surface area contributed by atoms with Crippen LogP contribution in [0.5, 0.6) is 0 Å². The Morgan fingerprint density at radius 1 is 1.11 bits per heavy atom. The second-order valence-electron chi connectivity index (χ2n) is 9.33. The number of likely N-dealkylation sites (tertiary alicyclic amines) is 1. The molecule has 1 N–H and O–H groups in total. The van der Waals surface area contributed by atoms with E-state index >= 15 is 0 Å². The van der Waals surface area contributed by atoms with Crippen molar-refractivity contribution in [3.05, 3.63) is 76.5 Å². The molecule has 1 amide bonds. The number of rotatable bonds is 7. The highest BCUT2D eigenvalue weighted by atomic mass is 19.1. The summed E-state index contributed by atoms with van der Waals surface area (Å²) >= 11 is 0. The van der Waals surface area contributed by atoms with E-state index in [2.05, 4.69) is 22.2 Å². The number of carbonyl (C=O) groups excluding carboxylic acids is 1. The molecule has 1 saturated heterocycles. The number of aromatic nitrogens is 3. The van der Waals surface area contributed by atoms with Crippen molar-refractivity contribution in [2.75, 3.05) is 19.6 Å². The molecule has 0 saturated carbocycles. The van der Waals surface area contributed by atoms with Crippen molar-refractivity contribution in [1.82, 2.24) is 24.6 Å². The maximum absolute atomic E-state index is 13.5. The Hall–Kier alpha value is -3.52. The lowest BCUT2D eigenvalue weighted by Crippen LogP contribution is -2.43. The van der Waals surface area contributed by atoms with Gasteiger partial charge in [0.05, 0.1) is 6.20 Å². The van der Waals surface area contributed by atoms with Gasteiger partial charge in [-0.15, -0.1) is 0 Å². The van der Waals surface area contributed by atoms with Crippen molar-refractivity contribution in [1.29, 1.82) is 0 Å². The van der Waals surface area contributed by atoms with E-state index in [4.69, 9.17) is 0 Å². The fourth-order valence-electron chi connectivity index (χ4n) is 5.06. The number of carbonyl (C=O) groups is 1. The number of hydrogen-bond donors (Lipinski definition) is 1. The van der Waals surface area contributed by atoms with E-state index in [-0.39, 0.29) is 23.8 Å². The molecule has 1 aliphatic heterocycles. The van der Waals surface area contributed by atoms with Crippen molar-refractivity contribution in [3.8, 4) is 0 Å². The van der Waals surface area contributed by atoms with Gasteiger partial charge >= 0.3 is 0 Å². The maximum atomic E-state index is 13.5. The van der Waals surface area contributed by atoms with E-state index in [1.807, 2.05) is 28.8 Å². The molecule has 0 bridgehead atoms. The van der Waals surface area contributed by atoms with Gasteiger partial charge in [-0.1, -0.05) is 36.8 Å². The Bertz CT molecular complexity index is 1410. The first kappa shape index (κ1) is 23.2. The molecule has 1 fully saturated rings. The molecule has 4 aromatic rings. The summed E-state index contributed by atoms with van der Waals surface area (Å²) < 4.78 is 16.6. The molecule has 0 spiro atoms. The number of amides is 1. The first-order valence-corrected chi connectivity index (χ1v) is 12.2. The highest BCUT2D eigenvalue weighted by molar-refractivity contribution is 6.07. The fourth-order valence-corrected chi connectivity index (χ4v) is 5.06. The van der Waals surface area contributed by atoms with Gasteiger partial charge in [-0.3, -0.25) is 14.5 Å². The number of halogens is 1. The molecule has 0 unspecified atom stereocenters. The second kappa shape index (κ2) is 10.00. The van der Waals surface area contributed by atoms with Crippen LogP contribution in [0, 0.1) is 5.82 Å². The molecule has 3 heterocycles. The van der Waals surface area contributed by atoms with Gasteiger partial charge in [-0.25, -0.2) is 9.07 Å². The van der Waals surface area contributed by atoms with Crippen LogP contribution >= 0.6 is 0 Å². The van der Waals surface area contributed by atoms with Crippen LogP contribution in [0.25, 0.3) is 21.8 Å². The number of piperidine rings is 1. The zero-order chi connectivity index (χ0) is 24.4. The molecule has 2 aromatic carbocycles. The standard InChI is InChI=1S/C27H30FN5O2/c1-19-6-4-5-14-31(19)15-13-29-25(34)18-33-27(35)26-23(16-30-33)22-7-2-3-8-24(22)32(26)17-20-9-11-21(28)12-10-20/h2-3,7-12,16,19H,4-6,13-15,17-18H2,1H3,(H,29,34)/t19-/m0/s1. The van der Waals surface area contributed by atoms with Crippen LogP contribution in [0.2, 0.25) is 0 Å². The summed E-state index contributed by atoms with van der Waals surface area (Å²) in [5.41, 5.74) is 1.94. The molecular weight excluding hydrogens is 445 g/mol. The minimum Gasteiger partial charge on any atom is -0.353 e. The van der Waals surface area contributed by atoms with E-state index in [9.17, 15) is 14.0 Å². The van der Waals surface area contributed by atoms with E-state index in [0.29, 0.717) is 24.6 Å². The van der Waals surface area contributed by atoms with E-state index < -0.39 is 0 Å². The highest BCUT2D eigenvalue weighted by Gasteiger charge is 2.19. The zero-order valence-corrected chi connectivity index (χ0v) is 19.9. The quantitative estimate of drug-likeness (QED) is 0.444. The third kappa shape index (κ3) is 4.84. The Labute approximate surface area is 203 Å². The summed E-state index contributed by atoms with van der Waals surface area (Å²) in [6.07, 6.45) is 5.31. The van der Waals surface area contributed by atoms with Crippen LogP contribution in [0.3, 0.4) is 0 Å². The highest BCUT2D eigenvalue weighted by Crippen LogP contribution is 2.27. The number of fused-ring (bicyclic) bond motifs is 3. The minimum atomic E-state index is -0.319.